The molecule has 112 valence electrons. The second-order valence-electron chi connectivity index (χ2n) is 5.86. The van der Waals surface area contributed by atoms with Crippen molar-refractivity contribution in [2.75, 3.05) is 19.8 Å². The molecule has 3 nitrogen and oxygen atoms in total. The van der Waals surface area contributed by atoms with E-state index >= 15 is 0 Å². The lowest BCUT2D eigenvalue weighted by atomic mass is 10.00. The van der Waals surface area contributed by atoms with Crippen LogP contribution in [-0.2, 0) is 4.74 Å². The van der Waals surface area contributed by atoms with Crippen LogP contribution in [0.3, 0.4) is 0 Å². The van der Waals surface area contributed by atoms with E-state index in [-0.39, 0.29) is 6.04 Å². The van der Waals surface area contributed by atoms with Crippen LogP contribution in [-0.4, -0.2) is 19.8 Å². The number of hydrogen-bond acceptors (Lipinski definition) is 3. The van der Waals surface area contributed by atoms with Gasteiger partial charge >= 0.3 is 0 Å². The average Bonchev–Trinajstić information content (AvgIpc) is 2.53. The maximum atomic E-state index is 6.22. The molecule has 2 aromatic rings. The minimum absolute atomic E-state index is 0.0284. The highest BCUT2D eigenvalue weighted by molar-refractivity contribution is 5.89. The van der Waals surface area contributed by atoms with Crippen LogP contribution in [0, 0.1) is 5.92 Å². The molecular weight excluding hydrogens is 262 g/mol. The van der Waals surface area contributed by atoms with Crippen molar-refractivity contribution >= 4 is 10.8 Å². The molecule has 0 radical (unpaired) electrons. The molecule has 0 unspecified atom stereocenters. The maximum Gasteiger partial charge on any atom is 0.131 e. The molecule has 0 aromatic heterocycles. The molecule has 0 saturated carbocycles. The maximum absolute atomic E-state index is 6.22. The highest BCUT2D eigenvalue weighted by atomic mass is 16.5. The van der Waals surface area contributed by atoms with Crippen molar-refractivity contribution in [1.29, 1.82) is 0 Å². The first kappa shape index (κ1) is 14.4. The summed E-state index contributed by atoms with van der Waals surface area (Å²) in [4.78, 5) is 0. The van der Waals surface area contributed by atoms with Crippen LogP contribution >= 0.6 is 0 Å². The SMILES string of the molecule is C[C@H](N)c1ccc2ccccc2c1OCC1CCOCC1. The van der Waals surface area contributed by atoms with Gasteiger partial charge < -0.3 is 15.2 Å². The second kappa shape index (κ2) is 6.46. The Bertz CT molecular complexity index is 603. The molecule has 1 aliphatic heterocycles. The average molecular weight is 285 g/mol. The first-order valence-electron chi connectivity index (χ1n) is 7.73. The van der Waals surface area contributed by atoms with Gasteiger partial charge in [-0.05, 0) is 31.1 Å². The largest absolute Gasteiger partial charge is 0.492 e. The summed E-state index contributed by atoms with van der Waals surface area (Å²) in [6.45, 7) is 4.45. The highest BCUT2D eigenvalue weighted by Gasteiger charge is 2.17. The summed E-state index contributed by atoms with van der Waals surface area (Å²) in [6.07, 6.45) is 2.16. The summed E-state index contributed by atoms with van der Waals surface area (Å²) in [5.74, 6) is 1.54. The van der Waals surface area contributed by atoms with Crippen LogP contribution in [0.5, 0.6) is 5.75 Å². The van der Waals surface area contributed by atoms with Gasteiger partial charge in [-0.25, -0.2) is 0 Å². The van der Waals surface area contributed by atoms with Crippen molar-refractivity contribution in [2.24, 2.45) is 11.7 Å². The summed E-state index contributed by atoms with van der Waals surface area (Å²) in [5, 5.41) is 2.35. The third-order valence-electron chi connectivity index (χ3n) is 4.20. The van der Waals surface area contributed by atoms with E-state index < -0.39 is 0 Å². The van der Waals surface area contributed by atoms with Crippen molar-refractivity contribution in [1.82, 2.24) is 0 Å². The number of benzene rings is 2. The zero-order chi connectivity index (χ0) is 14.7. The molecule has 1 heterocycles. The minimum atomic E-state index is -0.0284. The normalized spacial score (nSPS) is 17.8. The molecule has 3 rings (SSSR count). The van der Waals surface area contributed by atoms with Crippen LogP contribution in [0.15, 0.2) is 36.4 Å². The third kappa shape index (κ3) is 3.20. The number of nitrogens with two attached hydrogens (primary N) is 1. The third-order valence-corrected chi connectivity index (χ3v) is 4.20. The molecule has 1 atom stereocenters. The van der Waals surface area contributed by atoms with Crippen molar-refractivity contribution in [2.45, 2.75) is 25.8 Å². The molecule has 0 aliphatic carbocycles. The van der Waals surface area contributed by atoms with Gasteiger partial charge in [-0.1, -0.05) is 36.4 Å². The van der Waals surface area contributed by atoms with Gasteiger partial charge in [0, 0.05) is 30.2 Å². The van der Waals surface area contributed by atoms with Crippen LogP contribution in [0.25, 0.3) is 10.8 Å². The van der Waals surface area contributed by atoms with Crippen molar-refractivity contribution in [3.8, 4) is 5.75 Å². The van der Waals surface area contributed by atoms with E-state index in [0.29, 0.717) is 5.92 Å². The lowest BCUT2D eigenvalue weighted by Crippen LogP contribution is -2.22. The van der Waals surface area contributed by atoms with Gasteiger partial charge in [-0.2, -0.15) is 0 Å². The zero-order valence-electron chi connectivity index (χ0n) is 12.5. The summed E-state index contributed by atoms with van der Waals surface area (Å²) < 4.78 is 11.6. The van der Waals surface area contributed by atoms with Crippen LogP contribution in [0.1, 0.15) is 31.4 Å². The molecule has 2 N–H and O–H groups in total. The van der Waals surface area contributed by atoms with Gasteiger partial charge in [-0.3, -0.25) is 0 Å². The molecule has 1 saturated heterocycles. The van der Waals surface area contributed by atoms with E-state index in [9.17, 15) is 0 Å². The van der Waals surface area contributed by atoms with E-state index in [1.54, 1.807) is 0 Å². The number of hydrogen-bond donors (Lipinski definition) is 1. The van der Waals surface area contributed by atoms with Gasteiger partial charge in [0.15, 0.2) is 0 Å². The topological polar surface area (TPSA) is 44.5 Å². The molecule has 21 heavy (non-hydrogen) atoms. The molecule has 1 fully saturated rings. The predicted octanol–water partition coefficient (Wildman–Crippen LogP) is 3.66. The van der Waals surface area contributed by atoms with Crippen LogP contribution in [0.2, 0.25) is 0 Å². The zero-order valence-corrected chi connectivity index (χ0v) is 12.5. The van der Waals surface area contributed by atoms with Crippen LogP contribution < -0.4 is 10.5 Å². The minimum Gasteiger partial charge on any atom is -0.492 e. The van der Waals surface area contributed by atoms with Gasteiger partial charge in [0.05, 0.1) is 6.61 Å². The lowest BCUT2D eigenvalue weighted by molar-refractivity contribution is 0.0498. The Hall–Kier alpha value is -1.58. The molecule has 0 amide bonds. The highest BCUT2D eigenvalue weighted by Crippen LogP contribution is 2.33. The van der Waals surface area contributed by atoms with E-state index in [1.807, 2.05) is 6.92 Å². The van der Waals surface area contributed by atoms with Gasteiger partial charge in [-0.15, -0.1) is 0 Å². The van der Waals surface area contributed by atoms with E-state index in [4.69, 9.17) is 15.2 Å². The van der Waals surface area contributed by atoms with Crippen LogP contribution in [0.4, 0.5) is 0 Å². The standard InChI is InChI=1S/C18H23NO2/c1-13(19)16-7-6-15-4-2-3-5-17(15)18(16)21-12-14-8-10-20-11-9-14/h2-7,13-14H,8-12,19H2,1H3/t13-/m0/s1. The summed E-state index contributed by atoms with van der Waals surface area (Å²) in [7, 11) is 0. The van der Waals surface area contributed by atoms with Crippen molar-refractivity contribution in [3.05, 3.63) is 42.0 Å². The first-order chi connectivity index (χ1) is 10.3. The molecule has 1 aliphatic rings. The Balaban J connectivity index is 1.88. The summed E-state index contributed by atoms with van der Waals surface area (Å²) >= 11 is 0. The Morgan fingerprint density at radius 2 is 1.95 bits per heavy atom. The Morgan fingerprint density at radius 1 is 1.19 bits per heavy atom. The summed E-state index contributed by atoms with van der Waals surface area (Å²) in [5.41, 5.74) is 7.20. The van der Waals surface area contributed by atoms with Gasteiger partial charge in [0.1, 0.15) is 5.75 Å². The van der Waals surface area contributed by atoms with E-state index in [1.165, 1.54) is 5.39 Å². The molecule has 2 aromatic carbocycles. The van der Waals surface area contributed by atoms with Crippen molar-refractivity contribution in [3.63, 3.8) is 0 Å². The predicted molar refractivity (Wildman–Crippen MR) is 85.6 cm³/mol. The number of rotatable bonds is 4. The Labute approximate surface area is 126 Å². The lowest BCUT2D eigenvalue weighted by Gasteiger charge is -2.24. The van der Waals surface area contributed by atoms with Gasteiger partial charge in [0.2, 0.25) is 0 Å². The Morgan fingerprint density at radius 3 is 2.71 bits per heavy atom. The fraction of sp³-hybridized carbons (Fsp3) is 0.444. The fourth-order valence-corrected chi connectivity index (χ4v) is 2.89. The molecule has 3 heteroatoms. The monoisotopic (exact) mass is 285 g/mol. The molecule has 0 spiro atoms. The summed E-state index contributed by atoms with van der Waals surface area (Å²) in [6, 6.07) is 12.5. The fourth-order valence-electron chi connectivity index (χ4n) is 2.89. The first-order valence-corrected chi connectivity index (χ1v) is 7.73. The van der Waals surface area contributed by atoms with E-state index in [2.05, 4.69) is 36.4 Å². The Kier molecular flexibility index (Phi) is 4.42. The van der Waals surface area contributed by atoms with Gasteiger partial charge in [0.25, 0.3) is 0 Å². The number of fused-ring (bicyclic) bond motifs is 1. The molecule has 0 bridgehead atoms. The number of ether oxygens (including phenoxy) is 2. The van der Waals surface area contributed by atoms with E-state index in [0.717, 1.165) is 49.4 Å². The smallest absolute Gasteiger partial charge is 0.131 e. The molecular formula is C18H23NO2. The van der Waals surface area contributed by atoms with Crippen molar-refractivity contribution < 1.29 is 9.47 Å². The second-order valence-corrected chi connectivity index (χ2v) is 5.86. The quantitative estimate of drug-likeness (QED) is 0.932.